The fourth-order valence-corrected chi connectivity index (χ4v) is 2.64. The molecule has 1 aromatic rings. The van der Waals surface area contributed by atoms with Crippen molar-refractivity contribution in [3.63, 3.8) is 0 Å². The maximum absolute atomic E-state index is 12.1. The number of amides is 1. The molecule has 1 aliphatic carbocycles. The molecule has 4 nitrogen and oxygen atoms in total. The van der Waals surface area contributed by atoms with Crippen LogP contribution in [-0.4, -0.2) is 18.6 Å². The number of rotatable bonds is 5. The molecule has 2 atom stereocenters. The summed E-state index contributed by atoms with van der Waals surface area (Å²) >= 11 is 6.14. The van der Waals surface area contributed by atoms with Gasteiger partial charge in [-0.15, -0.1) is 12.4 Å². The lowest BCUT2D eigenvalue weighted by Crippen LogP contribution is -2.23. The Morgan fingerprint density at radius 2 is 2.24 bits per heavy atom. The Balaban J connectivity index is 0.00000220. The van der Waals surface area contributed by atoms with E-state index in [9.17, 15) is 4.79 Å². The molecule has 0 aliphatic heterocycles. The second-order valence-electron chi connectivity index (χ2n) is 5.25. The van der Waals surface area contributed by atoms with Crippen molar-refractivity contribution >= 4 is 35.6 Å². The van der Waals surface area contributed by atoms with Crippen molar-refractivity contribution < 1.29 is 9.53 Å². The van der Waals surface area contributed by atoms with Crippen molar-refractivity contribution in [2.24, 2.45) is 11.7 Å². The fraction of sp³-hybridized carbons (Fsp3) is 0.533. The average molecular weight is 333 g/mol. The smallest absolute Gasteiger partial charge is 0.227 e. The van der Waals surface area contributed by atoms with Crippen molar-refractivity contribution in [1.82, 2.24) is 0 Å². The molecule has 0 heterocycles. The van der Waals surface area contributed by atoms with Gasteiger partial charge in [0.05, 0.1) is 11.6 Å². The van der Waals surface area contributed by atoms with E-state index < -0.39 is 0 Å². The van der Waals surface area contributed by atoms with Gasteiger partial charge in [0.2, 0.25) is 5.91 Å². The number of halogens is 2. The first-order valence-corrected chi connectivity index (χ1v) is 7.46. The minimum atomic E-state index is 0. The maximum Gasteiger partial charge on any atom is 0.227 e. The number of nitrogens with two attached hydrogens (primary N) is 1. The zero-order valence-electron chi connectivity index (χ0n) is 12.1. The molecule has 2 unspecified atom stereocenters. The Morgan fingerprint density at radius 1 is 1.48 bits per heavy atom. The van der Waals surface area contributed by atoms with Gasteiger partial charge in [-0.2, -0.15) is 0 Å². The van der Waals surface area contributed by atoms with Gasteiger partial charge in [-0.25, -0.2) is 0 Å². The summed E-state index contributed by atoms with van der Waals surface area (Å²) in [4.78, 5) is 12.1. The van der Waals surface area contributed by atoms with E-state index in [0.29, 0.717) is 23.1 Å². The van der Waals surface area contributed by atoms with E-state index in [0.717, 1.165) is 25.7 Å². The molecular weight excluding hydrogens is 311 g/mol. The number of carbonyl (C=O) groups is 1. The molecule has 0 spiro atoms. The van der Waals surface area contributed by atoms with Crippen LogP contribution >= 0.6 is 24.0 Å². The van der Waals surface area contributed by atoms with E-state index in [4.69, 9.17) is 22.1 Å². The summed E-state index contributed by atoms with van der Waals surface area (Å²) in [6.45, 7) is 2.67. The van der Waals surface area contributed by atoms with Crippen molar-refractivity contribution in [2.75, 3.05) is 11.9 Å². The molecule has 0 saturated heterocycles. The molecule has 1 fully saturated rings. The Hall–Kier alpha value is -0.970. The second-order valence-corrected chi connectivity index (χ2v) is 5.66. The summed E-state index contributed by atoms with van der Waals surface area (Å²) in [6.07, 6.45) is 3.47. The minimum Gasteiger partial charge on any atom is -0.492 e. The first kappa shape index (κ1) is 18.1. The van der Waals surface area contributed by atoms with Gasteiger partial charge in [0.25, 0.3) is 0 Å². The monoisotopic (exact) mass is 332 g/mol. The Labute approximate surface area is 136 Å². The first-order valence-electron chi connectivity index (χ1n) is 7.09. The maximum atomic E-state index is 12.1. The lowest BCUT2D eigenvalue weighted by Gasteiger charge is -2.12. The highest BCUT2D eigenvalue weighted by atomic mass is 35.5. The van der Waals surface area contributed by atoms with Gasteiger partial charge in [-0.1, -0.05) is 18.5 Å². The van der Waals surface area contributed by atoms with Crippen LogP contribution in [-0.2, 0) is 4.79 Å². The third kappa shape index (κ3) is 5.06. The van der Waals surface area contributed by atoms with Crippen LogP contribution in [0.1, 0.15) is 32.6 Å². The molecule has 118 valence electrons. The van der Waals surface area contributed by atoms with Gasteiger partial charge in [-0.05, 0) is 43.9 Å². The number of benzene rings is 1. The van der Waals surface area contributed by atoms with Crippen LogP contribution < -0.4 is 15.8 Å². The predicted octanol–water partition coefficient (Wildman–Crippen LogP) is 3.62. The molecule has 3 N–H and O–H groups in total. The van der Waals surface area contributed by atoms with E-state index >= 15 is 0 Å². The zero-order chi connectivity index (χ0) is 14.5. The number of hydrogen-bond donors (Lipinski definition) is 2. The van der Waals surface area contributed by atoms with Crippen LogP contribution in [0.25, 0.3) is 0 Å². The third-order valence-electron chi connectivity index (χ3n) is 3.51. The normalized spacial score (nSPS) is 20.7. The van der Waals surface area contributed by atoms with Crippen LogP contribution in [0.3, 0.4) is 0 Å². The SMILES string of the molecule is CCCOc1ccc(NC(=O)C2CCC(N)C2)cc1Cl.Cl. The average Bonchev–Trinajstić information content (AvgIpc) is 2.85. The van der Waals surface area contributed by atoms with Crippen molar-refractivity contribution in [3.8, 4) is 5.75 Å². The summed E-state index contributed by atoms with van der Waals surface area (Å²) in [6, 6.07) is 5.47. The lowest BCUT2D eigenvalue weighted by atomic mass is 10.1. The van der Waals surface area contributed by atoms with Crippen LogP contribution in [0.2, 0.25) is 5.02 Å². The fourth-order valence-electron chi connectivity index (χ4n) is 2.41. The number of hydrogen-bond acceptors (Lipinski definition) is 3. The van der Waals surface area contributed by atoms with Crippen LogP contribution in [0.15, 0.2) is 18.2 Å². The molecule has 21 heavy (non-hydrogen) atoms. The van der Waals surface area contributed by atoms with Gasteiger partial charge in [-0.3, -0.25) is 4.79 Å². The van der Waals surface area contributed by atoms with E-state index in [-0.39, 0.29) is 30.3 Å². The van der Waals surface area contributed by atoms with E-state index in [1.807, 2.05) is 13.0 Å². The standard InChI is InChI=1S/C15H21ClN2O2.ClH/c1-2-7-20-14-6-5-12(9-13(14)16)18-15(19)10-3-4-11(17)8-10;/h5-6,9-11H,2-4,7-8,17H2,1H3,(H,18,19);1H. The summed E-state index contributed by atoms with van der Waals surface area (Å²) in [7, 11) is 0. The molecule has 2 rings (SSSR count). The summed E-state index contributed by atoms with van der Waals surface area (Å²) in [5.41, 5.74) is 6.53. The first-order chi connectivity index (χ1) is 9.60. The van der Waals surface area contributed by atoms with Gasteiger partial charge in [0, 0.05) is 17.6 Å². The van der Waals surface area contributed by atoms with Crippen molar-refractivity contribution in [3.05, 3.63) is 23.2 Å². The molecule has 0 bridgehead atoms. The lowest BCUT2D eigenvalue weighted by molar-refractivity contribution is -0.119. The zero-order valence-corrected chi connectivity index (χ0v) is 13.7. The van der Waals surface area contributed by atoms with Crippen molar-refractivity contribution in [2.45, 2.75) is 38.6 Å². The van der Waals surface area contributed by atoms with Gasteiger partial charge in [0.15, 0.2) is 0 Å². The predicted molar refractivity (Wildman–Crippen MR) is 88.4 cm³/mol. The number of anilines is 1. The van der Waals surface area contributed by atoms with E-state index in [2.05, 4.69) is 5.32 Å². The second kappa shape index (κ2) is 8.47. The van der Waals surface area contributed by atoms with E-state index in [1.165, 1.54) is 0 Å². The molecular formula is C15H22Cl2N2O2. The number of carbonyl (C=O) groups excluding carboxylic acids is 1. The van der Waals surface area contributed by atoms with E-state index in [1.54, 1.807) is 12.1 Å². The van der Waals surface area contributed by atoms with Crippen LogP contribution in [0.5, 0.6) is 5.75 Å². The summed E-state index contributed by atoms with van der Waals surface area (Å²) < 4.78 is 5.50. The third-order valence-corrected chi connectivity index (χ3v) is 3.80. The highest BCUT2D eigenvalue weighted by molar-refractivity contribution is 6.32. The Kier molecular flexibility index (Phi) is 7.29. The highest BCUT2D eigenvalue weighted by Gasteiger charge is 2.27. The number of ether oxygens (including phenoxy) is 1. The molecule has 0 aromatic heterocycles. The molecule has 1 saturated carbocycles. The van der Waals surface area contributed by atoms with Crippen molar-refractivity contribution in [1.29, 1.82) is 0 Å². The highest BCUT2D eigenvalue weighted by Crippen LogP contribution is 2.29. The van der Waals surface area contributed by atoms with Crippen LogP contribution in [0.4, 0.5) is 5.69 Å². The molecule has 1 aliphatic rings. The summed E-state index contributed by atoms with van der Waals surface area (Å²) in [5, 5.41) is 3.41. The van der Waals surface area contributed by atoms with Gasteiger partial charge < -0.3 is 15.8 Å². The largest absolute Gasteiger partial charge is 0.492 e. The van der Waals surface area contributed by atoms with Gasteiger partial charge in [0.1, 0.15) is 5.75 Å². The minimum absolute atomic E-state index is 0. The quantitative estimate of drug-likeness (QED) is 0.865. The Bertz CT molecular complexity index is 483. The topological polar surface area (TPSA) is 64.3 Å². The Morgan fingerprint density at radius 3 is 2.81 bits per heavy atom. The molecule has 6 heteroatoms. The molecule has 1 aromatic carbocycles. The molecule has 0 radical (unpaired) electrons. The molecule has 1 amide bonds. The number of nitrogens with one attached hydrogen (secondary N) is 1. The van der Waals surface area contributed by atoms with Crippen LogP contribution in [0, 0.1) is 5.92 Å². The summed E-state index contributed by atoms with van der Waals surface area (Å²) in [5.74, 6) is 0.686. The van der Waals surface area contributed by atoms with Gasteiger partial charge >= 0.3 is 0 Å².